The van der Waals surface area contributed by atoms with Crippen LogP contribution in [0.15, 0.2) is 0 Å². The van der Waals surface area contributed by atoms with Crippen LogP contribution in [0.4, 0.5) is 8.78 Å². The number of ether oxygens (including phenoxy) is 1. The first kappa shape index (κ1) is 18.7. The number of rotatable bonds is 6. The molecule has 3 rings (SSSR count). The number of halogens is 2. The summed E-state index contributed by atoms with van der Waals surface area (Å²) in [6.07, 6.45) is 0.486. The van der Waals surface area contributed by atoms with Crippen molar-refractivity contribution in [3.05, 3.63) is 17.0 Å². The Labute approximate surface area is 149 Å². The van der Waals surface area contributed by atoms with Crippen molar-refractivity contribution in [2.45, 2.75) is 36.7 Å². The highest BCUT2D eigenvalue weighted by Gasteiger charge is 2.59. The van der Waals surface area contributed by atoms with Gasteiger partial charge in [-0.3, -0.25) is 9.48 Å². The van der Waals surface area contributed by atoms with Gasteiger partial charge in [0.15, 0.2) is 5.69 Å². The van der Waals surface area contributed by atoms with Crippen LogP contribution in [-0.4, -0.2) is 65.2 Å². The van der Waals surface area contributed by atoms with E-state index in [2.05, 4.69) is 5.10 Å². The van der Waals surface area contributed by atoms with Crippen molar-refractivity contribution in [3.8, 4) is 0 Å². The van der Waals surface area contributed by atoms with Gasteiger partial charge < -0.3 is 9.64 Å². The van der Waals surface area contributed by atoms with Crippen LogP contribution in [0.1, 0.15) is 46.3 Å². The van der Waals surface area contributed by atoms with Crippen molar-refractivity contribution in [2.24, 2.45) is 7.05 Å². The first-order chi connectivity index (χ1) is 12.1. The molecule has 0 spiro atoms. The number of alkyl halides is 2. The van der Waals surface area contributed by atoms with Crippen LogP contribution in [0.25, 0.3) is 0 Å². The Morgan fingerprint density at radius 3 is 2.58 bits per heavy atom. The number of nitrogens with zero attached hydrogens (tertiary/aromatic N) is 3. The zero-order chi connectivity index (χ0) is 19.3. The van der Waals surface area contributed by atoms with Crippen LogP contribution in [0.3, 0.4) is 0 Å². The van der Waals surface area contributed by atoms with Crippen molar-refractivity contribution in [1.82, 2.24) is 14.7 Å². The molecule has 1 saturated carbocycles. The van der Waals surface area contributed by atoms with E-state index in [1.165, 1.54) is 16.6 Å². The predicted molar refractivity (Wildman–Crippen MR) is 85.7 cm³/mol. The van der Waals surface area contributed by atoms with E-state index in [1.54, 1.807) is 6.92 Å². The summed E-state index contributed by atoms with van der Waals surface area (Å²) >= 11 is 0. The molecule has 26 heavy (non-hydrogen) atoms. The number of aryl methyl sites for hydroxylation is 1. The fraction of sp³-hybridized carbons (Fsp3) is 0.667. The number of carbonyl (C=O) groups is 2. The number of amides is 1. The van der Waals surface area contributed by atoms with Crippen molar-refractivity contribution < 1.29 is 31.5 Å². The highest BCUT2D eigenvalue weighted by atomic mass is 32.2. The Morgan fingerprint density at radius 1 is 1.38 bits per heavy atom. The summed E-state index contributed by atoms with van der Waals surface area (Å²) in [5, 5.41) is 4.04. The molecule has 2 aliphatic rings. The van der Waals surface area contributed by atoms with Crippen LogP contribution in [0, 0.1) is 0 Å². The van der Waals surface area contributed by atoms with E-state index in [9.17, 15) is 26.8 Å². The number of fused-ring (bicyclic) bond motifs is 1. The molecule has 8 nitrogen and oxygen atoms in total. The van der Waals surface area contributed by atoms with Gasteiger partial charge >= 0.3 is 11.7 Å². The minimum Gasteiger partial charge on any atom is -0.461 e. The number of sulfone groups is 1. The number of carbonyl (C=O) groups excluding carboxylic acids is 2. The van der Waals surface area contributed by atoms with E-state index in [-0.39, 0.29) is 50.3 Å². The molecule has 1 aliphatic heterocycles. The zero-order valence-electron chi connectivity index (χ0n) is 14.4. The average Bonchev–Trinajstić information content (AvgIpc) is 3.28. The molecule has 1 aromatic heterocycles. The van der Waals surface area contributed by atoms with Gasteiger partial charge in [-0.2, -0.15) is 13.9 Å². The molecule has 0 N–H and O–H groups in total. The normalized spacial score (nSPS) is 18.8. The van der Waals surface area contributed by atoms with Crippen LogP contribution in [0.2, 0.25) is 0 Å². The van der Waals surface area contributed by atoms with Gasteiger partial charge in [0.1, 0.15) is 5.69 Å². The van der Waals surface area contributed by atoms with Gasteiger partial charge in [-0.05, 0) is 26.2 Å². The molecule has 0 radical (unpaired) electrons. The Bertz CT molecular complexity index is 861. The molecular formula is C15H19F2N3O5S. The second-order valence-corrected chi connectivity index (χ2v) is 8.80. The van der Waals surface area contributed by atoms with Crippen molar-refractivity contribution >= 4 is 21.7 Å². The molecule has 0 bridgehead atoms. The molecule has 11 heteroatoms. The Morgan fingerprint density at radius 2 is 2.04 bits per heavy atom. The predicted octanol–water partition coefficient (Wildman–Crippen LogP) is 0.765. The quantitative estimate of drug-likeness (QED) is 0.664. The van der Waals surface area contributed by atoms with E-state index in [4.69, 9.17) is 4.74 Å². The molecular weight excluding hydrogens is 372 g/mol. The monoisotopic (exact) mass is 391 g/mol. The van der Waals surface area contributed by atoms with Crippen LogP contribution >= 0.6 is 0 Å². The summed E-state index contributed by atoms with van der Waals surface area (Å²) in [7, 11) is -3.12. The minimum atomic E-state index is -4.61. The topological polar surface area (TPSA) is 98.6 Å². The second kappa shape index (κ2) is 6.29. The highest BCUT2D eigenvalue weighted by molar-refractivity contribution is 7.93. The molecule has 144 valence electrons. The summed E-state index contributed by atoms with van der Waals surface area (Å²) in [4.78, 5) is 26.0. The van der Waals surface area contributed by atoms with E-state index < -0.39 is 32.2 Å². The number of hydrogen-bond donors (Lipinski definition) is 0. The van der Waals surface area contributed by atoms with E-state index in [1.807, 2.05) is 0 Å². The molecule has 0 atom stereocenters. The maximum absolute atomic E-state index is 12.9. The van der Waals surface area contributed by atoms with Gasteiger partial charge in [0.2, 0.25) is 9.84 Å². The summed E-state index contributed by atoms with van der Waals surface area (Å²) in [6, 6.07) is 0. The first-order valence-corrected chi connectivity index (χ1v) is 9.73. The number of aromatic nitrogens is 2. The summed E-state index contributed by atoms with van der Waals surface area (Å²) < 4.78 is 54.2. The van der Waals surface area contributed by atoms with Gasteiger partial charge in [-0.15, -0.1) is 0 Å². The molecule has 0 aromatic carbocycles. The van der Waals surface area contributed by atoms with Gasteiger partial charge in [0.05, 0.1) is 11.4 Å². The second-order valence-electron chi connectivity index (χ2n) is 6.49. The van der Waals surface area contributed by atoms with E-state index >= 15 is 0 Å². The van der Waals surface area contributed by atoms with Gasteiger partial charge in [0.25, 0.3) is 5.91 Å². The Hall–Kier alpha value is -2.04. The molecule has 1 amide bonds. The van der Waals surface area contributed by atoms with Crippen molar-refractivity contribution in [2.75, 3.05) is 19.7 Å². The molecule has 1 aromatic rings. The van der Waals surface area contributed by atoms with Gasteiger partial charge in [0, 0.05) is 25.7 Å². The highest BCUT2D eigenvalue weighted by Crippen LogP contribution is 2.47. The van der Waals surface area contributed by atoms with Crippen LogP contribution < -0.4 is 0 Å². The minimum absolute atomic E-state index is 0.0543. The number of esters is 1. The lowest BCUT2D eigenvalue weighted by molar-refractivity contribution is 0.0517. The van der Waals surface area contributed by atoms with Crippen molar-refractivity contribution in [1.29, 1.82) is 0 Å². The third-order valence-electron chi connectivity index (χ3n) is 4.86. The third-order valence-corrected chi connectivity index (χ3v) is 7.07. The summed E-state index contributed by atoms with van der Waals surface area (Å²) in [5.41, 5.74) is 0.650. The molecule has 2 heterocycles. The summed E-state index contributed by atoms with van der Waals surface area (Å²) in [6.45, 7) is 1.67. The third kappa shape index (κ3) is 2.78. The van der Waals surface area contributed by atoms with Gasteiger partial charge in [-0.1, -0.05) is 0 Å². The summed E-state index contributed by atoms with van der Waals surface area (Å²) in [5.74, 6) is -4.62. The fourth-order valence-corrected chi connectivity index (χ4v) is 4.68. The first-order valence-electron chi connectivity index (χ1n) is 8.18. The van der Waals surface area contributed by atoms with Crippen molar-refractivity contribution in [3.63, 3.8) is 0 Å². The SMILES string of the molecule is CCOC(=O)c1nn(C)c2c1CCN(CC1(S(=O)(=O)C(F)F)CC1)C2=O. The van der Waals surface area contributed by atoms with Crippen LogP contribution in [-0.2, 0) is 28.0 Å². The largest absolute Gasteiger partial charge is 0.461 e. The Balaban J connectivity index is 1.87. The standard InChI is InChI=1S/C15H19F2N3O5S/c1-3-25-13(22)10-9-4-7-20(12(21)11(9)19(2)18-10)8-15(5-6-15)26(23,24)14(16)17/h14H,3-8H2,1-2H3. The fourth-order valence-electron chi connectivity index (χ4n) is 3.29. The molecule has 1 fully saturated rings. The lowest BCUT2D eigenvalue weighted by atomic mass is 10.0. The van der Waals surface area contributed by atoms with Crippen LogP contribution in [0.5, 0.6) is 0 Å². The maximum Gasteiger partial charge on any atom is 0.359 e. The lowest BCUT2D eigenvalue weighted by Gasteiger charge is -2.30. The molecule has 0 saturated heterocycles. The van der Waals surface area contributed by atoms with E-state index in [0.717, 1.165) is 0 Å². The molecule has 0 unspecified atom stereocenters. The Kier molecular flexibility index (Phi) is 4.53. The average molecular weight is 391 g/mol. The number of hydrogen-bond acceptors (Lipinski definition) is 6. The molecule has 1 aliphatic carbocycles. The maximum atomic E-state index is 12.9. The van der Waals surface area contributed by atoms with E-state index in [0.29, 0.717) is 5.56 Å². The smallest absolute Gasteiger partial charge is 0.359 e. The lowest BCUT2D eigenvalue weighted by Crippen LogP contribution is -2.47. The zero-order valence-corrected chi connectivity index (χ0v) is 15.2. The van der Waals surface area contributed by atoms with Gasteiger partial charge in [-0.25, -0.2) is 13.2 Å².